The summed E-state index contributed by atoms with van der Waals surface area (Å²) >= 11 is 0. The highest BCUT2D eigenvalue weighted by molar-refractivity contribution is 5.67. The summed E-state index contributed by atoms with van der Waals surface area (Å²) in [6.45, 7) is 3.15. The molecule has 0 aliphatic heterocycles. The first-order valence-corrected chi connectivity index (χ1v) is 9.95. The SMILES string of the molecule is CC(C#N)CN=NC(C(C)C#N)C(N=NCC(C#N)CCC(=O)O)C(C#N)CCC(=O)O. The Bertz CT molecular complexity index is 846. The third-order valence-electron chi connectivity index (χ3n) is 4.51. The molecule has 0 bridgehead atoms. The van der Waals surface area contributed by atoms with Crippen LogP contribution >= 0.6 is 0 Å². The van der Waals surface area contributed by atoms with Crippen molar-refractivity contribution in [2.75, 3.05) is 13.1 Å². The molecule has 12 nitrogen and oxygen atoms in total. The standard InChI is InChI=1S/C20H26N8O4/c1-13(7-21)11-25-27-19(14(2)8-22)20(16(10-24)4-6-18(31)32)28-26-12-15(9-23)3-5-17(29)30/h13-16,19-20H,3-6,11-12H2,1-2H3,(H,29,30)(H,31,32). The molecule has 0 aromatic carbocycles. The Morgan fingerprint density at radius 3 is 1.84 bits per heavy atom. The van der Waals surface area contributed by atoms with Crippen molar-refractivity contribution in [3.63, 3.8) is 0 Å². The van der Waals surface area contributed by atoms with Crippen molar-refractivity contribution in [2.45, 2.75) is 51.6 Å². The van der Waals surface area contributed by atoms with Gasteiger partial charge in [0.15, 0.2) is 0 Å². The zero-order chi connectivity index (χ0) is 24.5. The molecule has 0 heterocycles. The molecule has 170 valence electrons. The lowest BCUT2D eigenvalue weighted by Crippen LogP contribution is -2.35. The number of hydrogen-bond donors (Lipinski definition) is 2. The predicted octanol–water partition coefficient (Wildman–Crippen LogP) is 2.96. The van der Waals surface area contributed by atoms with E-state index >= 15 is 0 Å². The summed E-state index contributed by atoms with van der Waals surface area (Å²) in [5.41, 5.74) is 0. The fraction of sp³-hybridized carbons (Fsp3) is 0.700. The Kier molecular flexibility index (Phi) is 13.9. The summed E-state index contributed by atoms with van der Waals surface area (Å²) in [4.78, 5) is 21.7. The zero-order valence-corrected chi connectivity index (χ0v) is 18.0. The molecular formula is C20H26N8O4. The minimum Gasteiger partial charge on any atom is -0.481 e. The molecule has 0 fully saturated rings. The van der Waals surface area contributed by atoms with Gasteiger partial charge in [-0.2, -0.15) is 41.5 Å². The Balaban J connectivity index is 5.83. The Hall–Kier alpha value is -3.90. The normalized spacial score (nSPS) is 16.6. The quantitative estimate of drug-likeness (QED) is 0.358. The third kappa shape index (κ3) is 11.3. The van der Waals surface area contributed by atoms with Crippen LogP contribution in [-0.2, 0) is 9.59 Å². The van der Waals surface area contributed by atoms with Crippen LogP contribution in [0, 0.1) is 69.0 Å². The van der Waals surface area contributed by atoms with Crippen molar-refractivity contribution in [2.24, 2.45) is 44.1 Å². The molecule has 0 radical (unpaired) electrons. The van der Waals surface area contributed by atoms with Crippen molar-refractivity contribution in [3.05, 3.63) is 0 Å². The summed E-state index contributed by atoms with van der Waals surface area (Å²) < 4.78 is 0. The monoisotopic (exact) mass is 442 g/mol. The molecule has 12 heteroatoms. The Labute approximate surface area is 186 Å². The lowest BCUT2D eigenvalue weighted by atomic mass is 9.86. The zero-order valence-electron chi connectivity index (χ0n) is 18.0. The van der Waals surface area contributed by atoms with Gasteiger partial charge < -0.3 is 10.2 Å². The van der Waals surface area contributed by atoms with Crippen molar-refractivity contribution < 1.29 is 19.8 Å². The Morgan fingerprint density at radius 2 is 1.34 bits per heavy atom. The van der Waals surface area contributed by atoms with Crippen LogP contribution in [-0.4, -0.2) is 47.3 Å². The molecule has 0 aromatic rings. The van der Waals surface area contributed by atoms with Gasteiger partial charge in [0.1, 0.15) is 12.1 Å². The molecule has 0 spiro atoms. The highest BCUT2D eigenvalue weighted by Gasteiger charge is 2.34. The van der Waals surface area contributed by atoms with Gasteiger partial charge in [-0.05, 0) is 26.7 Å². The van der Waals surface area contributed by atoms with E-state index in [9.17, 15) is 20.1 Å². The number of carboxylic acids is 2. The lowest BCUT2D eigenvalue weighted by molar-refractivity contribution is -0.138. The molecule has 0 saturated heterocycles. The van der Waals surface area contributed by atoms with E-state index in [1.54, 1.807) is 13.8 Å². The first-order valence-electron chi connectivity index (χ1n) is 9.95. The number of nitriles is 4. The fourth-order valence-corrected chi connectivity index (χ4v) is 2.56. The summed E-state index contributed by atoms with van der Waals surface area (Å²) in [6.07, 6.45) is -0.509. The summed E-state index contributed by atoms with van der Waals surface area (Å²) in [5, 5.41) is 70.9. The van der Waals surface area contributed by atoms with E-state index in [1.807, 2.05) is 24.3 Å². The van der Waals surface area contributed by atoms with Crippen LogP contribution in [0.2, 0.25) is 0 Å². The highest BCUT2D eigenvalue weighted by Crippen LogP contribution is 2.25. The largest absolute Gasteiger partial charge is 0.481 e. The van der Waals surface area contributed by atoms with Crippen LogP contribution in [0.15, 0.2) is 20.5 Å². The van der Waals surface area contributed by atoms with Crippen LogP contribution < -0.4 is 0 Å². The van der Waals surface area contributed by atoms with Crippen LogP contribution in [0.25, 0.3) is 0 Å². The number of carboxylic acid groups (broad SMARTS) is 2. The highest BCUT2D eigenvalue weighted by atomic mass is 16.4. The minimum atomic E-state index is -1.10. The van der Waals surface area contributed by atoms with Gasteiger partial charge in [0, 0.05) is 12.8 Å². The van der Waals surface area contributed by atoms with Gasteiger partial charge in [0.25, 0.3) is 0 Å². The van der Waals surface area contributed by atoms with E-state index in [1.165, 1.54) is 0 Å². The van der Waals surface area contributed by atoms with Crippen LogP contribution in [0.1, 0.15) is 39.5 Å². The van der Waals surface area contributed by atoms with E-state index in [-0.39, 0.29) is 38.8 Å². The topological polar surface area (TPSA) is 219 Å². The summed E-state index contributed by atoms with van der Waals surface area (Å²) in [5.74, 6) is -4.97. The lowest BCUT2D eigenvalue weighted by Gasteiger charge is -2.24. The molecule has 0 aliphatic carbocycles. The molecule has 0 saturated carbocycles. The van der Waals surface area contributed by atoms with E-state index in [0.29, 0.717) is 0 Å². The van der Waals surface area contributed by atoms with Crippen molar-refractivity contribution in [3.8, 4) is 24.3 Å². The second-order valence-corrected chi connectivity index (χ2v) is 7.23. The number of rotatable bonds is 15. The minimum absolute atomic E-state index is 0.0605. The molecule has 0 aliphatic rings. The van der Waals surface area contributed by atoms with Gasteiger partial charge in [-0.1, -0.05) is 0 Å². The number of azo groups is 2. The fourth-order valence-electron chi connectivity index (χ4n) is 2.56. The second-order valence-electron chi connectivity index (χ2n) is 7.23. The molecule has 0 amide bonds. The maximum absolute atomic E-state index is 11.0. The van der Waals surface area contributed by atoms with Gasteiger partial charge in [0.2, 0.25) is 0 Å². The van der Waals surface area contributed by atoms with E-state index in [0.717, 1.165) is 0 Å². The summed E-state index contributed by atoms with van der Waals surface area (Å²) in [7, 11) is 0. The number of aliphatic carboxylic acids is 2. The smallest absolute Gasteiger partial charge is 0.303 e. The molecule has 2 N–H and O–H groups in total. The van der Waals surface area contributed by atoms with Crippen molar-refractivity contribution in [1.82, 2.24) is 0 Å². The third-order valence-corrected chi connectivity index (χ3v) is 4.51. The molecule has 32 heavy (non-hydrogen) atoms. The van der Waals surface area contributed by atoms with Gasteiger partial charge in [-0.3, -0.25) is 9.59 Å². The number of carbonyl (C=O) groups is 2. The molecule has 6 unspecified atom stereocenters. The predicted molar refractivity (Wildman–Crippen MR) is 109 cm³/mol. The van der Waals surface area contributed by atoms with Crippen LogP contribution in [0.5, 0.6) is 0 Å². The van der Waals surface area contributed by atoms with Gasteiger partial charge >= 0.3 is 11.9 Å². The number of hydrogen-bond acceptors (Lipinski definition) is 10. The van der Waals surface area contributed by atoms with Gasteiger partial charge in [0.05, 0.1) is 61.0 Å². The first-order chi connectivity index (χ1) is 15.2. The molecular weight excluding hydrogens is 416 g/mol. The maximum Gasteiger partial charge on any atom is 0.303 e. The Morgan fingerprint density at radius 1 is 0.781 bits per heavy atom. The van der Waals surface area contributed by atoms with Gasteiger partial charge in [-0.15, -0.1) is 0 Å². The molecule has 6 atom stereocenters. The first kappa shape index (κ1) is 28.1. The van der Waals surface area contributed by atoms with Crippen molar-refractivity contribution >= 4 is 11.9 Å². The van der Waals surface area contributed by atoms with E-state index in [4.69, 9.17) is 20.7 Å². The van der Waals surface area contributed by atoms with Gasteiger partial charge in [-0.25, -0.2) is 0 Å². The average molecular weight is 442 g/mol. The van der Waals surface area contributed by atoms with E-state index in [2.05, 4.69) is 20.5 Å². The van der Waals surface area contributed by atoms with Crippen molar-refractivity contribution in [1.29, 1.82) is 21.0 Å². The second kappa shape index (κ2) is 15.9. The number of nitrogens with zero attached hydrogens (tertiary/aromatic N) is 8. The average Bonchev–Trinajstić information content (AvgIpc) is 2.77. The maximum atomic E-state index is 11.0. The molecule has 0 rings (SSSR count). The van der Waals surface area contributed by atoms with E-state index < -0.39 is 47.7 Å². The summed E-state index contributed by atoms with van der Waals surface area (Å²) in [6, 6.07) is 6.03. The molecule has 0 aromatic heterocycles. The van der Waals surface area contributed by atoms with Crippen LogP contribution in [0.4, 0.5) is 0 Å². The van der Waals surface area contributed by atoms with Crippen LogP contribution in [0.3, 0.4) is 0 Å².